The summed E-state index contributed by atoms with van der Waals surface area (Å²) in [7, 11) is 0. The smallest absolute Gasteiger partial charge is 0.508 e. The van der Waals surface area contributed by atoms with E-state index in [-0.39, 0.29) is 23.7 Å². The number of hydrogen-bond donors (Lipinski definition) is 3. The van der Waals surface area contributed by atoms with Gasteiger partial charge in [-0.3, -0.25) is 0 Å². The molecule has 0 spiro atoms. The van der Waals surface area contributed by atoms with Gasteiger partial charge in [0.1, 0.15) is 11.5 Å². The van der Waals surface area contributed by atoms with Gasteiger partial charge >= 0.3 is 6.36 Å². The first-order valence-electron chi connectivity index (χ1n) is 5.38. The van der Waals surface area contributed by atoms with Crippen LogP contribution in [0, 0.1) is 0 Å². The molecule has 0 aliphatic heterocycles. The lowest BCUT2D eigenvalue weighted by Gasteiger charge is -2.15. The molecule has 1 rings (SSSR count). The van der Waals surface area contributed by atoms with Crippen LogP contribution in [0.2, 0.25) is 0 Å². The summed E-state index contributed by atoms with van der Waals surface area (Å²) in [5.41, 5.74) is 11.3. The Balaban J connectivity index is 0.00000324. The number of rotatable bonds is 5. The maximum absolute atomic E-state index is 12.0. The molecular formula is C11H16ClF3N2O2. The van der Waals surface area contributed by atoms with Crippen LogP contribution in [0.5, 0.6) is 11.5 Å². The van der Waals surface area contributed by atoms with Crippen molar-refractivity contribution in [2.45, 2.75) is 25.2 Å². The standard InChI is InChI=1S/C11H15F3N2O2.ClH/c12-11(13,14)18-7-3-4-10(17)8(6-7)9(16)2-1-5-15;/h3-4,6,9,17H,1-2,5,15-16H2;1H/t9-;/m1./s1. The quantitative estimate of drug-likeness (QED) is 0.780. The third-order valence-corrected chi connectivity index (χ3v) is 2.35. The zero-order valence-corrected chi connectivity index (χ0v) is 10.8. The monoisotopic (exact) mass is 300 g/mol. The van der Waals surface area contributed by atoms with E-state index in [1.165, 1.54) is 0 Å². The summed E-state index contributed by atoms with van der Waals surface area (Å²) in [4.78, 5) is 0. The topological polar surface area (TPSA) is 81.5 Å². The van der Waals surface area contributed by atoms with Crippen LogP contribution >= 0.6 is 12.4 Å². The fraction of sp³-hybridized carbons (Fsp3) is 0.455. The third-order valence-electron chi connectivity index (χ3n) is 2.35. The molecule has 0 bridgehead atoms. The van der Waals surface area contributed by atoms with Crippen molar-refractivity contribution in [3.05, 3.63) is 23.8 Å². The van der Waals surface area contributed by atoms with Crippen LogP contribution in [0.25, 0.3) is 0 Å². The van der Waals surface area contributed by atoms with Crippen LogP contribution in [-0.4, -0.2) is 18.0 Å². The van der Waals surface area contributed by atoms with Gasteiger partial charge in [-0.2, -0.15) is 0 Å². The highest BCUT2D eigenvalue weighted by Crippen LogP contribution is 2.31. The number of nitrogens with two attached hydrogens (primary N) is 2. The molecule has 110 valence electrons. The first-order valence-corrected chi connectivity index (χ1v) is 5.38. The Morgan fingerprint density at radius 1 is 1.32 bits per heavy atom. The predicted octanol–water partition coefficient (Wildman–Crippen LogP) is 2.45. The first kappa shape index (κ1) is 17.8. The van der Waals surface area contributed by atoms with Gasteiger partial charge in [-0.05, 0) is 37.6 Å². The second kappa shape index (κ2) is 7.42. The number of phenols is 1. The number of aromatic hydroxyl groups is 1. The lowest BCUT2D eigenvalue weighted by molar-refractivity contribution is -0.274. The molecule has 0 saturated carbocycles. The molecule has 5 N–H and O–H groups in total. The number of alkyl halides is 3. The fourth-order valence-corrected chi connectivity index (χ4v) is 1.52. The largest absolute Gasteiger partial charge is 0.573 e. The van der Waals surface area contributed by atoms with E-state index in [2.05, 4.69) is 4.74 Å². The van der Waals surface area contributed by atoms with Crippen molar-refractivity contribution in [3.8, 4) is 11.5 Å². The van der Waals surface area contributed by atoms with E-state index in [4.69, 9.17) is 11.5 Å². The molecule has 0 radical (unpaired) electrons. The maximum atomic E-state index is 12.0. The van der Waals surface area contributed by atoms with Crippen molar-refractivity contribution in [2.24, 2.45) is 11.5 Å². The Labute approximate surface area is 114 Å². The highest BCUT2D eigenvalue weighted by molar-refractivity contribution is 5.85. The maximum Gasteiger partial charge on any atom is 0.573 e. The summed E-state index contributed by atoms with van der Waals surface area (Å²) >= 11 is 0. The molecule has 0 amide bonds. The molecular weight excluding hydrogens is 285 g/mol. The van der Waals surface area contributed by atoms with Crippen LogP contribution in [0.3, 0.4) is 0 Å². The van der Waals surface area contributed by atoms with Gasteiger partial charge in [0.15, 0.2) is 0 Å². The summed E-state index contributed by atoms with van der Waals surface area (Å²) in [5, 5.41) is 9.55. The fourth-order valence-electron chi connectivity index (χ4n) is 1.52. The minimum Gasteiger partial charge on any atom is -0.508 e. The molecule has 1 aromatic carbocycles. The lowest BCUT2D eigenvalue weighted by Crippen LogP contribution is -2.18. The van der Waals surface area contributed by atoms with E-state index in [1.807, 2.05) is 0 Å². The van der Waals surface area contributed by atoms with Crippen molar-refractivity contribution in [1.29, 1.82) is 0 Å². The van der Waals surface area contributed by atoms with Gasteiger partial charge in [0.05, 0.1) is 0 Å². The number of benzene rings is 1. The van der Waals surface area contributed by atoms with Gasteiger partial charge in [-0.1, -0.05) is 0 Å². The van der Waals surface area contributed by atoms with Crippen LogP contribution in [0.15, 0.2) is 18.2 Å². The minimum absolute atomic E-state index is 0. The van der Waals surface area contributed by atoms with E-state index in [0.717, 1.165) is 18.2 Å². The van der Waals surface area contributed by atoms with Crippen molar-refractivity contribution < 1.29 is 23.0 Å². The second-order valence-electron chi connectivity index (χ2n) is 3.81. The molecule has 8 heteroatoms. The summed E-state index contributed by atoms with van der Waals surface area (Å²) in [5.74, 6) is -0.562. The summed E-state index contributed by atoms with van der Waals surface area (Å²) in [6, 6.07) is 2.66. The summed E-state index contributed by atoms with van der Waals surface area (Å²) in [6.45, 7) is 0.424. The molecule has 0 saturated heterocycles. The second-order valence-corrected chi connectivity index (χ2v) is 3.81. The zero-order chi connectivity index (χ0) is 13.8. The van der Waals surface area contributed by atoms with Crippen molar-refractivity contribution in [1.82, 2.24) is 0 Å². The molecule has 1 aromatic rings. The Kier molecular flexibility index (Phi) is 6.96. The van der Waals surface area contributed by atoms with Crippen LogP contribution in [-0.2, 0) is 0 Å². The number of hydrogen-bond acceptors (Lipinski definition) is 4. The lowest BCUT2D eigenvalue weighted by atomic mass is 10.0. The summed E-state index contributed by atoms with van der Waals surface area (Å²) in [6.07, 6.45) is -3.68. The van der Waals surface area contributed by atoms with E-state index in [9.17, 15) is 18.3 Å². The molecule has 19 heavy (non-hydrogen) atoms. The molecule has 1 atom stereocenters. The zero-order valence-electron chi connectivity index (χ0n) is 9.98. The van der Waals surface area contributed by atoms with Gasteiger partial charge < -0.3 is 21.3 Å². The van der Waals surface area contributed by atoms with E-state index in [0.29, 0.717) is 19.4 Å². The summed E-state index contributed by atoms with van der Waals surface area (Å²) < 4.78 is 39.9. The van der Waals surface area contributed by atoms with Crippen molar-refractivity contribution in [3.63, 3.8) is 0 Å². The normalized spacial score (nSPS) is 12.7. The molecule has 0 heterocycles. The van der Waals surface area contributed by atoms with Gasteiger partial charge in [-0.15, -0.1) is 25.6 Å². The molecule has 0 unspecified atom stereocenters. The number of halogens is 4. The Morgan fingerprint density at radius 3 is 2.47 bits per heavy atom. The van der Waals surface area contributed by atoms with Gasteiger partial charge in [0, 0.05) is 11.6 Å². The van der Waals surface area contributed by atoms with Crippen molar-refractivity contribution in [2.75, 3.05) is 6.54 Å². The minimum atomic E-state index is -4.77. The van der Waals surface area contributed by atoms with Crippen LogP contribution in [0.1, 0.15) is 24.4 Å². The highest BCUT2D eigenvalue weighted by Gasteiger charge is 2.31. The third kappa shape index (κ3) is 6.00. The molecule has 0 fully saturated rings. The van der Waals surface area contributed by atoms with Gasteiger partial charge in [-0.25, -0.2) is 0 Å². The molecule has 0 aliphatic carbocycles. The van der Waals surface area contributed by atoms with Gasteiger partial charge in [0.25, 0.3) is 0 Å². The van der Waals surface area contributed by atoms with Crippen LogP contribution in [0.4, 0.5) is 13.2 Å². The average molecular weight is 301 g/mol. The molecule has 4 nitrogen and oxygen atoms in total. The van der Waals surface area contributed by atoms with E-state index in [1.54, 1.807) is 0 Å². The highest BCUT2D eigenvalue weighted by atomic mass is 35.5. The Morgan fingerprint density at radius 2 is 1.95 bits per heavy atom. The first-order chi connectivity index (χ1) is 8.33. The number of phenolic OH excluding ortho intramolecular Hbond substituents is 1. The molecule has 0 aromatic heterocycles. The van der Waals surface area contributed by atoms with E-state index >= 15 is 0 Å². The Bertz CT molecular complexity index is 402. The Hall–Kier alpha value is -1.18. The van der Waals surface area contributed by atoms with Gasteiger partial charge in [0.2, 0.25) is 0 Å². The average Bonchev–Trinajstić information content (AvgIpc) is 2.26. The van der Waals surface area contributed by atoms with Crippen LogP contribution < -0.4 is 16.2 Å². The SMILES string of the molecule is Cl.NCCC[C@@H](N)c1cc(OC(F)(F)F)ccc1O. The van der Waals surface area contributed by atoms with Crippen molar-refractivity contribution >= 4 is 12.4 Å². The molecule has 0 aliphatic rings. The number of ether oxygens (including phenoxy) is 1. The van der Waals surface area contributed by atoms with E-state index < -0.39 is 18.2 Å². The predicted molar refractivity (Wildman–Crippen MR) is 67.3 cm³/mol.